The minimum absolute atomic E-state index is 0.736. The fourth-order valence-corrected chi connectivity index (χ4v) is 6.39. The van der Waals surface area contributed by atoms with Gasteiger partial charge in [0.1, 0.15) is 16.7 Å². The number of benzene rings is 5. The Morgan fingerprint density at radius 2 is 1.47 bits per heavy atom. The van der Waals surface area contributed by atoms with E-state index in [1.165, 1.54) is 0 Å². The minimum atomic E-state index is 0.736. The number of aromatic nitrogens is 1. The average molecular weight is 556 g/mol. The SMILES string of the molecule is C1=Cc2c(oc3cccc(N(c4cc(-c5ccccc5)cc5ccccc45)c4ccnc5c4oc4ccccc45)c23)NC1. The Morgan fingerprint density at radius 3 is 2.40 bits per heavy atom. The molecule has 0 spiro atoms. The van der Waals surface area contributed by atoms with Crippen LogP contribution in [-0.2, 0) is 0 Å². The first-order valence-corrected chi connectivity index (χ1v) is 14.4. The molecular formula is C38H25N3O2. The topological polar surface area (TPSA) is 54.4 Å². The Morgan fingerprint density at radius 1 is 0.651 bits per heavy atom. The van der Waals surface area contributed by atoms with Gasteiger partial charge in [-0.05, 0) is 59.0 Å². The average Bonchev–Trinajstić information content (AvgIpc) is 3.65. The van der Waals surface area contributed by atoms with E-state index in [-0.39, 0.29) is 0 Å². The third-order valence-corrected chi connectivity index (χ3v) is 8.30. The Kier molecular flexibility index (Phi) is 5.19. The van der Waals surface area contributed by atoms with Crippen LogP contribution in [0.25, 0.3) is 61.0 Å². The van der Waals surface area contributed by atoms with Crippen molar-refractivity contribution in [2.75, 3.05) is 16.8 Å². The van der Waals surface area contributed by atoms with Gasteiger partial charge in [-0.2, -0.15) is 0 Å². The van der Waals surface area contributed by atoms with Crippen molar-refractivity contribution >= 4 is 72.8 Å². The molecule has 1 aliphatic rings. The van der Waals surface area contributed by atoms with E-state index in [0.29, 0.717) is 0 Å². The molecule has 43 heavy (non-hydrogen) atoms. The van der Waals surface area contributed by atoms with Crippen molar-refractivity contribution in [3.05, 3.63) is 133 Å². The molecule has 0 saturated carbocycles. The highest BCUT2D eigenvalue weighted by Crippen LogP contribution is 2.49. The van der Waals surface area contributed by atoms with E-state index in [1.54, 1.807) is 0 Å². The van der Waals surface area contributed by atoms with Crippen LogP contribution in [0.1, 0.15) is 5.56 Å². The number of anilines is 4. The molecule has 5 heteroatoms. The van der Waals surface area contributed by atoms with Crippen LogP contribution in [0.4, 0.5) is 22.9 Å². The number of fused-ring (bicyclic) bond motifs is 7. The van der Waals surface area contributed by atoms with Gasteiger partial charge in [-0.1, -0.05) is 84.9 Å². The van der Waals surface area contributed by atoms with Crippen LogP contribution in [-0.4, -0.2) is 11.5 Å². The molecule has 0 unspecified atom stereocenters. The molecule has 1 aliphatic heterocycles. The number of nitrogens with zero attached hydrogens (tertiary/aromatic N) is 2. The second kappa shape index (κ2) is 9.36. The molecule has 5 aromatic carbocycles. The van der Waals surface area contributed by atoms with Crippen LogP contribution >= 0.6 is 0 Å². The number of furan rings is 2. The van der Waals surface area contributed by atoms with Gasteiger partial charge in [0, 0.05) is 29.1 Å². The van der Waals surface area contributed by atoms with Crippen molar-refractivity contribution in [3.8, 4) is 11.1 Å². The van der Waals surface area contributed by atoms with Crippen LogP contribution in [0.3, 0.4) is 0 Å². The molecule has 0 atom stereocenters. The summed E-state index contributed by atoms with van der Waals surface area (Å²) in [4.78, 5) is 7.11. The standard InChI is InChI=1S/C38H25N3O2/c1-2-10-24(11-3-1)26-22-25-12-4-5-13-27(25)32(23-26)41(30-16-8-18-34-35(30)29-15-9-20-40-38(29)43-34)31-19-21-39-36-28-14-6-7-17-33(28)42-37(31)36/h1-19,21-23,40H,20H2. The molecule has 0 fully saturated rings. The molecule has 5 nitrogen and oxygen atoms in total. The highest BCUT2D eigenvalue weighted by Gasteiger charge is 2.26. The maximum atomic E-state index is 6.59. The Labute approximate surface area is 247 Å². The van der Waals surface area contributed by atoms with E-state index >= 15 is 0 Å². The molecule has 0 radical (unpaired) electrons. The quantitative estimate of drug-likeness (QED) is 0.234. The molecule has 1 N–H and O–H groups in total. The Hall–Kier alpha value is -5.81. The molecule has 204 valence electrons. The van der Waals surface area contributed by atoms with Crippen molar-refractivity contribution in [1.29, 1.82) is 0 Å². The van der Waals surface area contributed by atoms with Gasteiger partial charge < -0.3 is 19.1 Å². The maximum Gasteiger partial charge on any atom is 0.201 e. The van der Waals surface area contributed by atoms with Gasteiger partial charge in [0.05, 0.1) is 22.4 Å². The lowest BCUT2D eigenvalue weighted by atomic mass is 9.98. The third-order valence-electron chi connectivity index (χ3n) is 8.30. The summed E-state index contributed by atoms with van der Waals surface area (Å²) in [6.45, 7) is 0.736. The number of pyridine rings is 1. The van der Waals surface area contributed by atoms with E-state index < -0.39 is 0 Å². The third kappa shape index (κ3) is 3.68. The van der Waals surface area contributed by atoms with E-state index in [4.69, 9.17) is 13.8 Å². The van der Waals surface area contributed by atoms with Gasteiger partial charge in [-0.25, -0.2) is 0 Å². The largest absolute Gasteiger partial charge is 0.452 e. The van der Waals surface area contributed by atoms with Gasteiger partial charge in [-0.3, -0.25) is 4.98 Å². The zero-order chi connectivity index (χ0) is 28.3. The van der Waals surface area contributed by atoms with Gasteiger partial charge in [0.15, 0.2) is 5.58 Å². The summed E-state index contributed by atoms with van der Waals surface area (Å²) in [7, 11) is 0. The van der Waals surface area contributed by atoms with Crippen molar-refractivity contribution in [2.24, 2.45) is 0 Å². The van der Waals surface area contributed by atoms with Gasteiger partial charge in [0.25, 0.3) is 0 Å². The van der Waals surface area contributed by atoms with Crippen molar-refractivity contribution in [1.82, 2.24) is 4.98 Å². The number of para-hydroxylation sites is 1. The highest BCUT2D eigenvalue weighted by atomic mass is 16.4. The van der Waals surface area contributed by atoms with E-state index in [9.17, 15) is 0 Å². The zero-order valence-electron chi connectivity index (χ0n) is 23.1. The molecule has 4 heterocycles. The summed E-state index contributed by atoms with van der Waals surface area (Å²) in [6, 6.07) is 40.1. The lowest BCUT2D eigenvalue weighted by Gasteiger charge is -2.28. The van der Waals surface area contributed by atoms with Crippen LogP contribution in [0, 0.1) is 0 Å². The lowest BCUT2D eigenvalue weighted by molar-refractivity contribution is 0.628. The molecule has 9 rings (SSSR count). The second-order valence-corrected chi connectivity index (χ2v) is 10.8. The summed E-state index contributed by atoms with van der Waals surface area (Å²) in [5, 5.41) is 7.72. The minimum Gasteiger partial charge on any atom is -0.452 e. The second-order valence-electron chi connectivity index (χ2n) is 10.8. The number of hydrogen-bond acceptors (Lipinski definition) is 5. The first kappa shape index (κ1) is 23.9. The Balaban J connectivity index is 1.43. The van der Waals surface area contributed by atoms with E-state index in [2.05, 4.69) is 107 Å². The highest BCUT2D eigenvalue weighted by molar-refractivity contribution is 6.13. The fraction of sp³-hybridized carbons (Fsp3) is 0.0263. The van der Waals surface area contributed by atoms with Crippen LogP contribution in [0.5, 0.6) is 0 Å². The first-order chi connectivity index (χ1) is 21.3. The summed E-state index contributed by atoms with van der Waals surface area (Å²) in [6.07, 6.45) is 6.16. The molecule has 3 aromatic heterocycles. The van der Waals surface area contributed by atoms with Gasteiger partial charge in [0.2, 0.25) is 5.88 Å². The molecular weight excluding hydrogens is 530 g/mol. The van der Waals surface area contributed by atoms with Crippen LogP contribution in [0.2, 0.25) is 0 Å². The van der Waals surface area contributed by atoms with Crippen LogP contribution < -0.4 is 10.2 Å². The molecule has 0 aliphatic carbocycles. The summed E-state index contributed by atoms with van der Waals surface area (Å²) in [5.41, 5.74) is 9.49. The number of nitrogens with one attached hydrogen (secondary N) is 1. The van der Waals surface area contributed by atoms with Gasteiger partial charge in [-0.15, -0.1) is 0 Å². The number of rotatable bonds is 4. The summed E-state index contributed by atoms with van der Waals surface area (Å²) < 4.78 is 12.9. The Bertz CT molecular complexity index is 2360. The molecule has 8 aromatic rings. The summed E-state index contributed by atoms with van der Waals surface area (Å²) in [5.74, 6) is 0.788. The smallest absolute Gasteiger partial charge is 0.201 e. The maximum absolute atomic E-state index is 6.59. The van der Waals surface area contributed by atoms with Crippen molar-refractivity contribution in [3.63, 3.8) is 0 Å². The van der Waals surface area contributed by atoms with Crippen LogP contribution in [0.15, 0.2) is 136 Å². The zero-order valence-corrected chi connectivity index (χ0v) is 23.1. The number of hydrogen-bond donors (Lipinski definition) is 1. The predicted molar refractivity (Wildman–Crippen MR) is 176 cm³/mol. The lowest BCUT2D eigenvalue weighted by Crippen LogP contribution is -2.12. The predicted octanol–water partition coefficient (Wildman–Crippen LogP) is 10.5. The monoisotopic (exact) mass is 555 g/mol. The van der Waals surface area contributed by atoms with E-state index in [1.807, 2.05) is 36.5 Å². The summed E-state index contributed by atoms with van der Waals surface area (Å²) >= 11 is 0. The normalized spacial score (nSPS) is 12.7. The van der Waals surface area contributed by atoms with Crippen molar-refractivity contribution < 1.29 is 8.83 Å². The molecule has 0 bridgehead atoms. The first-order valence-electron chi connectivity index (χ1n) is 14.4. The molecule has 0 amide bonds. The van der Waals surface area contributed by atoms with E-state index in [0.717, 1.165) is 90.0 Å². The van der Waals surface area contributed by atoms with Crippen molar-refractivity contribution in [2.45, 2.75) is 0 Å². The fourth-order valence-electron chi connectivity index (χ4n) is 6.39. The van der Waals surface area contributed by atoms with Gasteiger partial charge >= 0.3 is 0 Å². The molecule has 0 saturated heterocycles.